The van der Waals surface area contributed by atoms with E-state index in [1.54, 1.807) is 0 Å². The molecule has 3 heteroatoms. The Labute approximate surface area is 99.4 Å². The number of likely N-dealkylation sites (N-methyl/N-ethyl adjacent to an activating group) is 2. The van der Waals surface area contributed by atoms with Crippen molar-refractivity contribution in [1.29, 1.82) is 0 Å². The molecule has 2 saturated carbocycles. The molecule has 0 aliphatic heterocycles. The fourth-order valence-electron chi connectivity index (χ4n) is 3.35. The molecule has 0 radical (unpaired) electrons. The van der Waals surface area contributed by atoms with Crippen LogP contribution in [-0.4, -0.2) is 60.3 Å². The highest BCUT2D eigenvalue weighted by Crippen LogP contribution is 2.38. The van der Waals surface area contributed by atoms with Gasteiger partial charge in [-0.1, -0.05) is 0 Å². The largest absolute Gasteiger partial charge is 0.391 e. The van der Waals surface area contributed by atoms with Gasteiger partial charge in [-0.25, -0.2) is 0 Å². The summed E-state index contributed by atoms with van der Waals surface area (Å²) in [6, 6.07) is 0.400. The highest BCUT2D eigenvalue weighted by atomic mass is 16.3. The minimum atomic E-state index is -0.0933. The molecule has 0 unspecified atom stereocenters. The number of aliphatic hydroxyl groups excluding tert-OH is 1. The molecule has 2 aliphatic rings. The molecular weight excluding hydrogens is 200 g/mol. The van der Waals surface area contributed by atoms with Crippen LogP contribution in [-0.2, 0) is 0 Å². The third-order valence-electron chi connectivity index (χ3n) is 4.79. The lowest BCUT2D eigenvalue weighted by molar-refractivity contribution is -0.00272. The molecule has 94 valence electrons. The van der Waals surface area contributed by atoms with Gasteiger partial charge in [-0.15, -0.1) is 0 Å². The molecule has 16 heavy (non-hydrogen) atoms. The lowest BCUT2D eigenvalue weighted by Crippen LogP contribution is -2.58. The third-order valence-corrected chi connectivity index (χ3v) is 4.79. The van der Waals surface area contributed by atoms with Crippen molar-refractivity contribution < 1.29 is 5.11 Å². The Balaban J connectivity index is 1.93. The summed E-state index contributed by atoms with van der Waals surface area (Å²) >= 11 is 0. The summed E-state index contributed by atoms with van der Waals surface area (Å²) in [4.78, 5) is 4.78. The normalized spacial score (nSPS) is 33.4. The molecule has 0 aromatic rings. The maximum absolute atomic E-state index is 9.93. The van der Waals surface area contributed by atoms with Crippen molar-refractivity contribution in [3.8, 4) is 0 Å². The highest BCUT2D eigenvalue weighted by molar-refractivity contribution is 4.99. The van der Waals surface area contributed by atoms with Crippen LogP contribution in [0.2, 0.25) is 0 Å². The van der Waals surface area contributed by atoms with E-state index in [0.29, 0.717) is 11.6 Å². The van der Waals surface area contributed by atoms with E-state index in [4.69, 9.17) is 0 Å². The van der Waals surface area contributed by atoms with E-state index < -0.39 is 0 Å². The van der Waals surface area contributed by atoms with Crippen molar-refractivity contribution in [2.24, 2.45) is 0 Å². The second-order valence-electron chi connectivity index (χ2n) is 5.95. The molecule has 0 spiro atoms. The second kappa shape index (κ2) is 4.63. The third kappa shape index (κ3) is 2.13. The Morgan fingerprint density at radius 3 is 2.19 bits per heavy atom. The van der Waals surface area contributed by atoms with E-state index in [9.17, 15) is 5.11 Å². The number of rotatable bonds is 4. The van der Waals surface area contributed by atoms with Gasteiger partial charge in [0.1, 0.15) is 0 Å². The van der Waals surface area contributed by atoms with Gasteiger partial charge in [-0.2, -0.15) is 0 Å². The lowest BCUT2D eigenvalue weighted by atomic mass is 9.75. The minimum absolute atomic E-state index is 0.0933. The van der Waals surface area contributed by atoms with Crippen LogP contribution in [0.5, 0.6) is 0 Å². The number of nitrogens with zero attached hydrogens (tertiary/aromatic N) is 2. The van der Waals surface area contributed by atoms with E-state index in [2.05, 4.69) is 30.9 Å². The van der Waals surface area contributed by atoms with Gasteiger partial charge in [0.05, 0.1) is 6.10 Å². The van der Waals surface area contributed by atoms with Crippen molar-refractivity contribution in [2.75, 3.05) is 27.7 Å². The van der Waals surface area contributed by atoms with Crippen LogP contribution in [0.15, 0.2) is 0 Å². The SMILES string of the molecule is CN(CC1(N(C)C)CCC1)[C@H]1CCC[C@@H]1O. The quantitative estimate of drug-likeness (QED) is 0.783. The average molecular weight is 226 g/mol. The first-order chi connectivity index (χ1) is 7.55. The molecule has 0 saturated heterocycles. The Bertz CT molecular complexity index is 238. The second-order valence-corrected chi connectivity index (χ2v) is 5.95. The van der Waals surface area contributed by atoms with E-state index in [-0.39, 0.29) is 6.10 Å². The maximum Gasteiger partial charge on any atom is 0.0695 e. The average Bonchev–Trinajstić information content (AvgIpc) is 2.57. The Morgan fingerprint density at radius 2 is 1.81 bits per heavy atom. The van der Waals surface area contributed by atoms with Gasteiger partial charge < -0.3 is 10.0 Å². The standard InChI is InChI=1S/C13H26N2O/c1-14(2)13(8-5-9-13)10-15(3)11-6-4-7-12(11)16/h11-12,16H,4-10H2,1-3H3/t11-,12-/m0/s1. The maximum atomic E-state index is 9.93. The van der Waals surface area contributed by atoms with E-state index >= 15 is 0 Å². The van der Waals surface area contributed by atoms with E-state index in [0.717, 1.165) is 13.0 Å². The molecule has 0 aromatic carbocycles. The van der Waals surface area contributed by atoms with Crippen LogP contribution in [0.1, 0.15) is 38.5 Å². The van der Waals surface area contributed by atoms with Gasteiger partial charge in [0.25, 0.3) is 0 Å². The number of aliphatic hydroxyl groups is 1. The molecular formula is C13H26N2O. The predicted molar refractivity (Wildman–Crippen MR) is 66.5 cm³/mol. The van der Waals surface area contributed by atoms with E-state index in [1.165, 1.54) is 32.1 Å². The molecule has 2 rings (SSSR count). The molecule has 0 aromatic heterocycles. The number of hydrogen-bond donors (Lipinski definition) is 1. The van der Waals surface area contributed by atoms with Crippen LogP contribution in [0.4, 0.5) is 0 Å². The summed E-state index contributed by atoms with van der Waals surface area (Å²) < 4.78 is 0. The van der Waals surface area contributed by atoms with Crippen LogP contribution in [0.3, 0.4) is 0 Å². The first kappa shape index (κ1) is 12.3. The summed E-state index contributed by atoms with van der Waals surface area (Å²) in [7, 11) is 6.57. The van der Waals surface area contributed by atoms with Crippen LogP contribution >= 0.6 is 0 Å². The monoisotopic (exact) mass is 226 g/mol. The summed E-state index contributed by atoms with van der Waals surface area (Å²) in [6.07, 6.45) is 7.24. The Morgan fingerprint density at radius 1 is 1.12 bits per heavy atom. The summed E-state index contributed by atoms with van der Waals surface area (Å²) in [5.41, 5.74) is 0.386. The van der Waals surface area contributed by atoms with Gasteiger partial charge in [-0.05, 0) is 59.7 Å². The lowest BCUT2D eigenvalue weighted by Gasteiger charge is -2.50. The molecule has 2 fully saturated rings. The van der Waals surface area contributed by atoms with Crippen LogP contribution < -0.4 is 0 Å². The zero-order chi connectivity index (χ0) is 11.8. The van der Waals surface area contributed by atoms with E-state index in [1.807, 2.05) is 0 Å². The summed E-state index contributed by atoms with van der Waals surface area (Å²) in [5.74, 6) is 0. The van der Waals surface area contributed by atoms with Crippen molar-refractivity contribution in [2.45, 2.75) is 56.2 Å². The summed E-state index contributed by atoms with van der Waals surface area (Å²) in [6.45, 7) is 1.11. The molecule has 2 aliphatic carbocycles. The molecule has 0 amide bonds. The Hall–Kier alpha value is -0.120. The molecule has 2 atom stereocenters. The first-order valence-corrected chi connectivity index (χ1v) is 6.61. The smallest absolute Gasteiger partial charge is 0.0695 e. The van der Waals surface area contributed by atoms with Gasteiger partial charge in [0.2, 0.25) is 0 Å². The molecule has 0 bridgehead atoms. The van der Waals surface area contributed by atoms with Crippen LogP contribution in [0, 0.1) is 0 Å². The van der Waals surface area contributed by atoms with Crippen molar-refractivity contribution >= 4 is 0 Å². The molecule has 3 nitrogen and oxygen atoms in total. The van der Waals surface area contributed by atoms with Gasteiger partial charge in [-0.3, -0.25) is 4.90 Å². The molecule has 0 heterocycles. The zero-order valence-electron chi connectivity index (χ0n) is 10.9. The minimum Gasteiger partial charge on any atom is -0.391 e. The first-order valence-electron chi connectivity index (χ1n) is 6.61. The predicted octanol–water partition coefficient (Wildman–Crippen LogP) is 1.32. The van der Waals surface area contributed by atoms with Crippen LogP contribution in [0.25, 0.3) is 0 Å². The highest BCUT2D eigenvalue weighted by Gasteiger charge is 2.42. The van der Waals surface area contributed by atoms with Crippen molar-refractivity contribution in [3.05, 3.63) is 0 Å². The fraction of sp³-hybridized carbons (Fsp3) is 1.00. The topological polar surface area (TPSA) is 26.7 Å². The van der Waals surface area contributed by atoms with Gasteiger partial charge in [0.15, 0.2) is 0 Å². The number of hydrogen-bond acceptors (Lipinski definition) is 3. The Kier molecular flexibility index (Phi) is 3.57. The van der Waals surface area contributed by atoms with Crippen molar-refractivity contribution in [1.82, 2.24) is 9.80 Å². The zero-order valence-corrected chi connectivity index (χ0v) is 10.9. The van der Waals surface area contributed by atoms with Gasteiger partial charge >= 0.3 is 0 Å². The summed E-state index contributed by atoms with van der Waals surface area (Å²) in [5, 5.41) is 9.93. The van der Waals surface area contributed by atoms with Crippen molar-refractivity contribution in [3.63, 3.8) is 0 Å². The van der Waals surface area contributed by atoms with Gasteiger partial charge in [0, 0.05) is 18.1 Å². The molecule has 1 N–H and O–H groups in total. The fourth-order valence-corrected chi connectivity index (χ4v) is 3.35.